The number of amides is 1. The van der Waals surface area contributed by atoms with Crippen LogP contribution in [-0.2, 0) is 6.54 Å². The van der Waals surface area contributed by atoms with Gasteiger partial charge in [-0.15, -0.1) is 0 Å². The Bertz CT molecular complexity index is 879. The molecule has 1 amide bonds. The van der Waals surface area contributed by atoms with E-state index in [-0.39, 0.29) is 5.91 Å². The van der Waals surface area contributed by atoms with Gasteiger partial charge in [0, 0.05) is 19.0 Å². The summed E-state index contributed by atoms with van der Waals surface area (Å²) in [6.45, 7) is 4.22. The van der Waals surface area contributed by atoms with Crippen LogP contribution in [0.3, 0.4) is 0 Å². The average molecular weight is 398 g/mol. The lowest BCUT2D eigenvalue weighted by atomic mass is 9.98. The third-order valence-electron chi connectivity index (χ3n) is 5.75. The average Bonchev–Trinajstić information content (AvgIpc) is 3.51. The lowest BCUT2D eigenvalue weighted by molar-refractivity contribution is 0.0916. The third kappa shape index (κ3) is 4.22. The summed E-state index contributed by atoms with van der Waals surface area (Å²) < 4.78 is 16.6. The number of rotatable bonds is 6. The molecule has 1 aromatic heterocycles. The number of likely N-dealkylation sites (tertiary alicyclic amines) is 1. The maximum atomic E-state index is 12.7. The van der Waals surface area contributed by atoms with E-state index in [1.807, 2.05) is 12.1 Å². The molecule has 0 spiro atoms. The van der Waals surface area contributed by atoms with E-state index in [0.29, 0.717) is 61.1 Å². The fourth-order valence-corrected chi connectivity index (χ4v) is 4.08. The van der Waals surface area contributed by atoms with Gasteiger partial charge >= 0.3 is 0 Å². The highest BCUT2D eigenvalue weighted by Crippen LogP contribution is 2.38. The minimum absolute atomic E-state index is 0.115. The highest BCUT2D eigenvalue weighted by Gasteiger charge is 2.29. The Morgan fingerprint density at radius 1 is 1.21 bits per heavy atom. The number of ether oxygens (including phenoxy) is 2. The van der Waals surface area contributed by atoms with Gasteiger partial charge in [0.15, 0.2) is 17.3 Å². The van der Waals surface area contributed by atoms with E-state index in [9.17, 15) is 4.79 Å². The Morgan fingerprint density at radius 2 is 2.10 bits per heavy atom. The van der Waals surface area contributed by atoms with Crippen LogP contribution in [0.1, 0.15) is 53.7 Å². The standard InChI is InChI=1S/C21H26N4O4/c26-21(16-4-1-5-17-19(16)28-10-9-27-17)22-11-14-3-2-8-25(12-14)13-18-23-20(24-29-18)15-6-7-15/h1,4-5,14-15H,2-3,6-13H2,(H,22,26). The van der Waals surface area contributed by atoms with E-state index in [2.05, 4.69) is 20.4 Å². The van der Waals surface area contributed by atoms with Crippen molar-refractivity contribution in [2.24, 2.45) is 5.92 Å². The number of carbonyl (C=O) groups is 1. The van der Waals surface area contributed by atoms with Crippen LogP contribution in [0, 0.1) is 5.92 Å². The number of hydrogen-bond acceptors (Lipinski definition) is 7. The second-order valence-corrected chi connectivity index (χ2v) is 8.10. The highest BCUT2D eigenvalue weighted by molar-refractivity contribution is 5.97. The molecule has 5 rings (SSSR count). The molecule has 8 nitrogen and oxygen atoms in total. The molecule has 0 bridgehead atoms. The van der Waals surface area contributed by atoms with Crippen molar-refractivity contribution in [2.75, 3.05) is 32.8 Å². The molecule has 2 aliphatic heterocycles. The Kier molecular flexibility index (Phi) is 5.10. The van der Waals surface area contributed by atoms with Crippen LogP contribution in [0.25, 0.3) is 0 Å². The van der Waals surface area contributed by atoms with Gasteiger partial charge in [-0.2, -0.15) is 4.98 Å². The molecule has 1 atom stereocenters. The molecule has 1 aliphatic carbocycles. The number of fused-ring (bicyclic) bond motifs is 1. The van der Waals surface area contributed by atoms with Crippen LogP contribution in [0.2, 0.25) is 0 Å². The molecule has 3 heterocycles. The van der Waals surface area contributed by atoms with E-state index >= 15 is 0 Å². The lowest BCUT2D eigenvalue weighted by Crippen LogP contribution is -2.40. The molecule has 1 N–H and O–H groups in total. The minimum atomic E-state index is -0.115. The van der Waals surface area contributed by atoms with Gasteiger partial charge in [-0.1, -0.05) is 11.2 Å². The van der Waals surface area contributed by atoms with E-state index in [0.717, 1.165) is 31.8 Å². The summed E-state index contributed by atoms with van der Waals surface area (Å²) in [5.74, 6) is 3.53. The largest absolute Gasteiger partial charge is 0.486 e. The summed E-state index contributed by atoms with van der Waals surface area (Å²) in [6, 6.07) is 5.44. The zero-order valence-electron chi connectivity index (χ0n) is 16.4. The van der Waals surface area contributed by atoms with Gasteiger partial charge in [0.1, 0.15) is 13.2 Å². The molecule has 1 saturated heterocycles. The predicted molar refractivity (Wildman–Crippen MR) is 104 cm³/mol. The van der Waals surface area contributed by atoms with Crippen LogP contribution >= 0.6 is 0 Å². The van der Waals surface area contributed by atoms with E-state index in [4.69, 9.17) is 14.0 Å². The number of benzene rings is 1. The Balaban J connectivity index is 1.15. The molecule has 0 radical (unpaired) electrons. The first kappa shape index (κ1) is 18.4. The zero-order valence-corrected chi connectivity index (χ0v) is 16.4. The fourth-order valence-electron chi connectivity index (χ4n) is 4.08. The first-order valence-electron chi connectivity index (χ1n) is 10.5. The van der Waals surface area contributed by atoms with Gasteiger partial charge in [0.05, 0.1) is 12.1 Å². The molecule has 1 aromatic carbocycles. The van der Waals surface area contributed by atoms with E-state index in [1.54, 1.807) is 6.07 Å². The molecule has 1 saturated carbocycles. The van der Waals surface area contributed by atoms with Crippen molar-refractivity contribution >= 4 is 5.91 Å². The molecule has 154 valence electrons. The molecule has 2 fully saturated rings. The summed E-state index contributed by atoms with van der Waals surface area (Å²) >= 11 is 0. The Hall–Kier alpha value is -2.61. The molecule has 3 aliphatic rings. The van der Waals surface area contributed by atoms with E-state index < -0.39 is 0 Å². The van der Waals surface area contributed by atoms with Gasteiger partial charge < -0.3 is 19.3 Å². The van der Waals surface area contributed by atoms with Gasteiger partial charge in [-0.05, 0) is 50.3 Å². The van der Waals surface area contributed by atoms with Crippen molar-refractivity contribution in [1.82, 2.24) is 20.4 Å². The van der Waals surface area contributed by atoms with Crippen molar-refractivity contribution in [2.45, 2.75) is 38.1 Å². The number of nitrogens with zero attached hydrogens (tertiary/aromatic N) is 3. The van der Waals surface area contributed by atoms with Crippen molar-refractivity contribution in [3.63, 3.8) is 0 Å². The van der Waals surface area contributed by atoms with Crippen molar-refractivity contribution in [1.29, 1.82) is 0 Å². The molecule has 1 unspecified atom stereocenters. The number of nitrogens with one attached hydrogen (secondary N) is 1. The monoisotopic (exact) mass is 398 g/mol. The number of para-hydroxylation sites is 1. The van der Waals surface area contributed by atoms with Crippen LogP contribution in [0.4, 0.5) is 0 Å². The molecular formula is C21H26N4O4. The normalized spacial score (nSPS) is 21.7. The molecule has 29 heavy (non-hydrogen) atoms. The van der Waals surface area contributed by atoms with Gasteiger partial charge in [-0.3, -0.25) is 9.69 Å². The van der Waals surface area contributed by atoms with Crippen molar-refractivity contribution < 1.29 is 18.8 Å². The highest BCUT2D eigenvalue weighted by atomic mass is 16.6. The van der Waals surface area contributed by atoms with Crippen LogP contribution in [-0.4, -0.2) is 53.8 Å². The molecular weight excluding hydrogens is 372 g/mol. The summed E-state index contributed by atoms with van der Waals surface area (Å²) in [6.07, 6.45) is 4.54. The predicted octanol–water partition coefficient (Wildman–Crippen LogP) is 2.36. The first-order chi connectivity index (χ1) is 14.3. The second kappa shape index (κ2) is 8.02. The third-order valence-corrected chi connectivity index (χ3v) is 5.75. The SMILES string of the molecule is O=C(NCC1CCCN(Cc2nc(C3CC3)no2)C1)c1cccc2c1OCCO2. The first-order valence-corrected chi connectivity index (χ1v) is 10.5. The summed E-state index contributed by atoms with van der Waals surface area (Å²) in [5.41, 5.74) is 0.535. The number of hydrogen-bond donors (Lipinski definition) is 1. The quantitative estimate of drug-likeness (QED) is 0.799. The maximum Gasteiger partial charge on any atom is 0.255 e. The number of piperidine rings is 1. The van der Waals surface area contributed by atoms with Gasteiger partial charge in [0.2, 0.25) is 5.89 Å². The summed E-state index contributed by atoms with van der Waals surface area (Å²) in [7, 11) is 0. The van der Waals surface area contributed by atoms with Gasteiger partial charge in [-0.25, -0.2) is 0 Å². The Labute approximate surface area is 169 Å². The zero-order chi connectivity index (χ0) is 19.6. The molecule has 8 heteroatoms. The van der Waals surface area contributed by atoms with Crippen LogP contribution < -0.4 is 14.8 Å². The lowest BCUT2D eigenvalue weighted by Gasteiger charge is -2.31. The number of aromatic nitrogens is 2. The smallest absolute Gasteiger partial charge is 0.255 e. The maximum absolute atomic E-state index is 12.7. The van der Waals surface area contributed by atoms with Crippen LogP contribution in [0.15, 0.2) is 22.7 Å². The number of carbonyl (C=O) groups excluding carboxylic acids is 1. The van der Waals surface area contributed by atoms with Crippen molar-refractivity contribution in [3.05, 3.63) is 35.5 Å². The summed E-state index contributed by atoms with van der Waals surface area (Å²) in [5, 5.41) is 7.18. The minimum Gasteiger partial charge on any atom is -0.486 e. The van der Waals surface area contributed by atoms with Crippen LogP contribution in [0.5, 0.6) is 11.5 Å². The summed E-state index contributed by atoms with van der Waals surface area (Å²) in [4.78, 5) is 19.6. The Morgan fingerprint density at radius 3 is 3.00 bits per heavy atom. The topological polar surface area (TPSA) is 89.7 Å². The fraction of sp³-hybridized carbons (Fsp3) is 0.571. The van der Waals surface area contributed by atoms with E-state index in [1.165, 1.54) is 12.8 Å². The molecule has 2 aromatic rings. The van der Waals surface area contributed by atoms with Gasteiger partial charge in [0.25, 0.3) is 5.91 Å². The van der Waals surface area contributed by atoms with Crippen molar-refractivity contribution in [3.8, 4) is 11.5 Å². The second-order valence-electron chi connectivity index (χ2n) is 8.10.